The number of thiophene rings is 1. The Labute approximate surface area is 154 Å². The zero-order valence-corrected chi connectivity index (χ0v) is 16.0. The summed E-state index contributed by atoms with van der Waals surface area (Å²) in [6, 6.07) is 8.88. The summed E-state index contributed by atoms with van der Waals surface area (Å²) in [5.41, 5.74) is 1.65. The largest absolute Gasteiger partial charge is 0.369 e. The molecule has 0 spiro atoms. The summed E-state index contributed by atoms with van der Waals surface area (Å²) in [5.74, 6) is 0. The van der Waals surface area contributed by atoms with E-state index in [0.29, 0.717) is 15.2 Å². The molecule has 0 atom stereocenters. The lowest BCUT2D eigenvalue weighted by atomic mass is 10.2. The number of anilines is 1. The predicted octanol–water partition coefficient (Wildman–Crippen LogP) is 2.86. The van der Waals surface area contributed by atoms with Crippen LogP contribution >= 0.6 is 22.9 Å². The Morgan fingerprint density at radius 1 is 1.16 bits per heavy atom. The van der Waals surface area contributed by atoms with Gasteiger partial charge in [-0.1, -0.05) is 11.6 Å². The number of piperazine rings is 1. The maximum atomic E-state index is 12.9. The number of rotatable bonds is 3. The van der Waals surface area contributed by atoms with Crippen LogP contribution < -0.4 is 4.90 Å². The number of halogens is 1. The first-order valence-corrected chi connectivity index (χ1v) is 10.5. The Morgan fingerprint density at radius 3 is 2.60 bits per heavy atom. The van der Waals surface area contributed by atoms with Crippen molar-refractivity contribution in [3.63, 3.8) is 0 Å². The van der Waals surface area contributed by atoms with E-state index in [4.69, 9.17) is 11.6 Å². The summed E-state index contributed by atoms with van der Waals surface area (Å²) in [7, 11) is -1.56. The lowest BCUT2D eigenvalue weighted by Crippen LogP contribution is -2.44. The van der Waals surface area contributed by atoms with Crippen LogP contribution in [0, 0.1) is 0 Å². The molecule has 1 aliphatic heterocycles. The van der Waals surface area contributed by atoms with Crippen molar-refractivity contribution in [2.45, 2.75) is 9.24 Å². The van der Waals surface area contributed by atoms with E-state index in [1.165, 1.54) is 6.07 Å². The third kappa shape index (κ3) is 3.03. The second kappa shape index (κ2) is 6.28. The van der Waals surface area contributed by atoms with Crippen LogP contribution in [0.4, 0.5) is 5.69 Å². The van der Waals surface area contributed by atoms with Crippen LogP contribution in [0.5, 0.6) is 0 Å². The molecule has 0 aliphatic carbocycles. The highest BCUT2D eigenvalue weighted by atomic mass is 35.5. The standard InChI is InChI=1S/C16H17ClN4O2S2/c1-20-6-8-21(9-7-20)11-2-3-13-12(10-11)16(19-18-13)25(22,23)15-5-4-14(17)24-15/h2-5,10H,6-9H2,1H3,(H,18,19). The number of hydrogen-bond acceptors (Lipinski definition) is 6. The van der Waals surface area contributed by atoms with Gasteiger partial charge in [0.15, 0.2) is 5.03 Å². The van der Waals surface area contributed by atoms with Gasteiger partial charge in [0.05, 0.1) is 9.85 Å². The topological polar surface area (TPSA) is 69.3 Å². The molecule has 1 aliphatic rings. The fraction of sp³-hybridized carbons (Fsp3) is 0.312. The molecule has 132 valence electrons. The third-order valence-electron chi connectivity index (χ3n) is 4.45. The van der Waals surface area contributed by atoms with Gasteiger partial charge in [0.25, 0.3) is 0 Å². The van der Waals surface area contributed by atoms with Gasteiger partial charge >= 0.3 is 0 Å². The summed E-state index contributed by atoms with van der Waals surface area (Å²) in [6.07, 6.45) is 0. The molecule has 25 heavy (non-hydrogen) atoms. The van der Waals surface area contributed by atoms with Gasteiger partial charge in [-0.3, -0.25) is 5.10 Å². The number of likely N-dealkylation sites (N-methyl/N-ethyl adjacent to an activating group) is 1. The summed E-state index contributed by atoms with van der Waals surface area (Å²) >= 11 is 6.95. The summed E-state index contributed by atoms with van der Waals surface area (Å²) in [4.78, 5) is 4.55. The predicted molar refractivity (Wildman–Crippen MR) is 101 cm³/mol. The minimum absolute atomic E-state index is 0.122. The van der Waals surface area contributed by atoms with Gasteiger partial charge in [-0.2, -0.15) is 5.10 Å². The first-order chi connectivity index (χ1) is 11.9. The van der Waals surface area contributed by atoms with Crippen molar-refractivity contribution in [2.24, 2.45) is 0 Å². The van der Waals surface area contributed by atoms with Crippen molar-refractivity contribution in [1.82, 2.24) is 15.1 Å². The molecule has 0 bridgehead atoms. The van der Waals surface area contributed by atoms with Crippen molar-refractivity contribution in [1.29, 1.82) is 0 Å². The fourth-order valence-corrected chi connectivity index (χ4v) is 5.92. The lowest BCUT2D eigenvalue weighted by Gasteiger charge is -2.34. The molecule has 1 saturated heterocycles. The molecule has 6 nitrogen and oxygen atoms in total. The van der Waals surface area contributed by atoms with Gasteiger partial charge in [0.2, 0.25) is 9.84 Å². The monoisotopic (exact) mass is 396 g/mol. The Balaban J connectivity index is 1.77. The number of aromatic amines is 1. The number of aromatic nitrogens is 2. The second-order valence-corrected chi connectivity index (χ2v) is 9.93. The van der Waals surface area contributed by atoms with Gasteiger partial charge in [-0.05, 0) is 37.4 Å². The van der Waals surface area contributed by atoms with Crippen molar-refractivity contribution in [2.75, 3.05) is 38.1 Å². The molecule has 0 amide bonds. The number of hydrogen-bond donors (Lipinski definition) is 1. The SMILES string of the molecule is CN1CCN(c2ccc3n[nH]c(S(=O)(=O)c4ccc(Cl)s4)c3c2)CC1. The van der Waals surface area contributed by atoms with Gasteiger partial charge in [-0.15, -0.1) is 11.3 Å². The Kier molecular flexibility index (Phi) is 4.23. The molecule has 0 unspecified atom stereocenters. The maximum absolute atomic E-state index is 12.9. The van der Waals surface area contributed by atoms with E-state index in [0.717, 1.165) is 43.2 Å². The average Bonchev–Trinajstić information content (AvgIpc) is 3.21. The molecule has 4 rings (SSSR count). The number of benzene rings is 1. The molecule has 2 aromatic heterocycles. The van der Waals surface area contributed by atoms with Crippen molar-refractivity contribution in [3.8, 4) is 0 Å². The number of H-pyrrole nitrogens is 1. The van der Waals surface area contributed by atoms with Gasteiger partial charge in [0, 0.05) is 37.3 Å². The number of fused-ring (bicyclic) bond motifs is 1. The molecule has 1 aromatic carbocycles. The molecular formula is C16H17ClN4O2S2. The Bertz CT molecular complexity index is 1020. The summed E-state index contributed by atoms with van der Waals surface area (Å²) in [5, 5.41) is 7.59. The minimum Gasteiger partial charge on any atom is -0.369 e. The van der Waals surface area contributed by atoms with Gasteiger partial charge in [0.1, 0.15) is 4.21 Å². The highest BCUT2D eigenvalue weighted by molar-refractivity contribution is 7.93. The first-order valence-electron chi connectivity index (χ1n) is 7.87. The summed E-state index contributed by atoms with van der Waals surface area (Å²) < 4.78 is 26.5. The van der Waals surface area contributed by atoms with Gasteiger partial charge < -0.3 is 9.80 Å². The van der Waals surface area contributed by atoms with Gasteiger partial charge in [-0.25, -0.2) is 8.42 Å². The van der Waals surface area contributed by atoms with Crippen LogP contribution in [-0.4, -0.2) is 56.7 Å². The van der Waals surface area contributed by atoms with Crippen molar-refractivity contribution >= 4 is 49.4 Å². The zero-order chi connectivity index (χ0) is 17.6. The molecule has 0 saturated carbocycles. The van der Waals surface area contributed by atoms with Crippen LogP contribution in [0.1, 0.15) is 0 Å². The number of sulfone groups is 1. The van der Waals surface area contributed by atoms with Crippen LogP contribution in [0.3, 0.4) is 0 Å². The zero-order valence-electron chi connectivity index (χ0n) is 13.6. The van der Waals surface area contributed by atoms with Crippen LogP contribution in [0.15, 0.2) is 39.6 Å². The quantitative estimate of drug-likeness (QED) is 0.737. The van der Waals surface area contributed by atoms with E-state index in [1.54, 1.807) is 6.07 Å². The number of nitrogens with one attached hydrogen (secondary N) is 1. The molecule has 1 fully saturated rings. The highest BCUT2D eigenvalue weighted by Crippen LogP contribution is 2.34. The minimum atomic E-state index is -3.67. The average molecular weight is 397 g/mol. The van der Waals surface area contributed by atoms with E-state index >= 15 is 0 Å². The van der Waals surface area contributed by atoms with E-state index in [2.05, 4.69) is 27.0 Å². The normalized spacial score (nSPS) is 16.6. The van der Waals surface area contributed by atoms with E-state index < -0.39 is 9.84 Å². The first kappa shape index (κ1) is 16.8. The maximum Gasteiger partial charge on any atom is 0.233 e. The molecule has 3 aromatic rings. The van der Waals surface area contributed by atoms with E-state index in [-0.39, 0.29) is 9.24 Å². The second-order valence-electron chi connectivity index (χ2n) is 6.11. The number of nitrogens with zero attached hydrogens (tertiary/aromatic N) is 3. The Morgan fingerprint density at radius 2 is 1.92 bits per heavy atom. The third-order valence-corrected chi connectivity index (χ3v) is 7.90. The molecule has 0 radical (unpaired) electrons. The summed E-state index contributed by atoms with van der Waals surface area (Å²) in [6.45, 7) is 3.81. The van der Waals surface area contributed by atoms with Crippen LogP contribution in [0.25, 0.3) is 10.9 Å². The molecule has 9 heteroatoms. The van der Waals surface area contributed by atoms with Crippen molar-refractivity contribution < 1.29 is 8.42 Å². The fourth-order valence-electron chi connectivity index (χ4n) is 2.98. The molecule has 1 N–H and O–H groups in total. The Hall–Kier alpha value is -1.61. The van der Waals surface area contributed by atoms with Crippen LogP contribution in [-0.2, 0) is 9.84 Å². The van der Waals surface area contributed by atoms with E-state index in [1.807, 2.05) is 18.2 Å². The lowest BCUT2D eigenvalue weighted by molar-refractivity contribution is 0.313. The molecular weight excluding hydrogens is 380 g/mol. The molecule has 3 heterocycles. The highest BCUT2D eigenvalue weighted by Gasteiger charge is 2.25. The van der Waals surface area contributed by atoms with Crippen molar-refractivity contribution in [3.05, 3.63) is 34.7 Å². The van der Waals surface area contributed by atoms with Crippen LogP contribution in [0.2, 0.25) is 4.34 Å². The smallest absolute Gasteiger partial charge is 0.233 e. The van der Waals surface area contributed by atoms with E-state index in [9.17, 15) is 8.42 Å².